The SMILES string of the molecule is CCC(=O)/C=C/C=C(\C=C\C(C)=O)C(O)NCC(O)OC(C)(C)C. The molecule has 2 unspecified atom stereocenters. The summed E-state index contributed by atoms with van der Waals surface area (Å²) >= 11 is 0. The first-order valence-corrected chi connectivity index (χ1v) is 7.92. The number of carbonyl (C=O) groups is 2. The smallest absolute Gasteiger partial charge is 0.167 e. The normalized spacial score (nSPS) is 15.9. The molecule has 136 valence electrons. The van der Waals surface area contributed by atoms with E-state index in [-0.39, 0.29) is 18.1 Å². The van der Waals surface area contributed by atoms with Crippen molar-refractivity contribution in [3.8, 4) is 0 Å². The van der Waals surface area contributed by atoms with Gasteiger partial charge in [-0.05, 0) is 45.4 Å². The van der Waals surface area contributed by atoms with E-state index in [2.05, 4.69) is 5.32 Å². The zero-order valence-corrected chi connectivity index (χ0v) is 15.1. The summed E-state index contributed by atoms with van der Waals surface area (Å²) in [5.74, 6) is -0.213. The van der Waals surface area contributed by atoms with Gasteiger partial charge in [-0.1, -0.05) is 25.2 Å². The summed E-state index contributed by atoms with van der Waals surface area (Å²) in [6.07, 6.45) is 5.38. The lowest BCUT2D eigenvalue weighted by Crippen LogP contribution is -2.40. The first kappa shape index (κ1) is 22.4. The Hall–Kier alpha value is -1.60. The van der Waals surface area contributed by atoms with Gasteiger partial charge < -0.3 is 14.9 Å². The second-order valence-electron chi connectivity index (χ2n) is 6.29. The third kappa shape index (κ3) is 11.9. The molecule has 0 aliphatic carbocycles. The van der Waals surface area contributed by atoms with Crippen LogP contribution in [-0.2, 0) is 14.3 Å². The van der Waals surface area contributed by atoms with Gasteiger partial charge in [0.15, 0.2) is 17.9 Å². The minimum atomic E-state index is -1.12. The Bertz CT molecular complexity index is 500. The van der Waals surface area contributed by atoms with Gasteiger partial charge in [0, 0.05) is 13.0 Å². The number of ketones is 2. The lowest BCUT2D eigenvalue weighted by molar-refractivity contribution is -0.164. The average molecular weight is 339 g/mol. The number of rotatable bonds is 10. The van der Waals surface area contributed by atoms with Gasteiger partial charge >= 0.3 is 0 Å². The summed E-state index contributed by atoms with van der Waals surface area (Å²) in [5.41, 5.74) is -0.129. The summed E-state index contributed by atoms with van der Waals surface area (Å²) < 4.78 is 5.32. The van der Waals surface area contributed by atoms with Crippen LogP contribution in [-0.4, -0.2) is 46.4 Å². The Kier molecular flexibility index (Phi) is 10.3. The van der Waals surface area contributed by atoms with Crippen molar-refractivity contribution >= 4 is 11.6 Å². The van der Waals surface area contributed by atoms with E-state index in [4.69, 9.17) is 4.74 Å². The number of carbonyl (C=O) groups excluding carboxylic acids is 2. The second kappa shape index (κ2) is 11.0. The first-order valence-electron chi connectivity index (χ1n) is 7.92. The van der Waals surface area contributed by atoms with Crippen molar-refractivity contribution in [2.45, 2.75) is 59.2 Å². The molecule has 0 spiro atoms. The van der Waals surface area contributed by atoms with Crippen LogP contribution in [0.3, 0.4) is 0 Å². The standard InChI is InChI=1S/C18H29NO5/c1-6-15(21)9-7-8-14(11-10-13(2)20)17(23)19-12-16(22)24-18(3,4)5/h7-11,16-17,19,22-23H,6,12H2,1-5H3/b9-7+,11-10+,14-8+. The van der Waals surface area contributed by atoms with E-state index in [1.165, 1.54) is 37.3 Å². The minimum absolute atomic E-state index is 0.00128. The molecule has 0 aromatic carbocycles. The third-order valence-electron chi connectivity index (χ3n) is 2.72. The van der Waals surface area contributed by atoms with Crippen molar-refractivity contribution in [2.24, 2.45) is 0 Å². The predicted molar refractivity (Wildman–Crippen MR) is 93.2 cm³/mol. The van der Waals surface area contributed by atoms with Crippen molar-refractivity contribution in [3.63, 3.8) is 0 Å². The monoisotopic (exact) mass is 339 g/mol. The van der Waals surface area contributed by atoms with E-state index in [9.17, 15) is 19.8 Å². The van der Waals surface area contributed by atoms with E-state index >= 15 is 0 Å². The fourth-order valence-electron chi connectivity index (χ4n) is 1.62. The molecule has 0 aromatic rings. The van der Waals surface area contributed by atoms with Gasteiger partial charge in [-0.2, -0.15) is 0 Å². The van der Waals surface area contributed by atoms with E-state index < -0.39 is 18.1 Å². The lowest BCUT2D eigenvalue weighted by atomic mass is 10.1. The van der Waals surface area contributed by atoms with Crippen molar-refractivity contribution in [1.29, 1.82) is 0 Å². The van der Waals surface area contributed by atoms with Crippen molar-refractivity contribution in [2.75, 3.05) is 6.54 Å². The molecule has 0 saturated heterocycles. The molecule has 0 aliphatic rings. The molecule has 6 nitrogen and oxygen atoms in total. The van der Waals surface area contributed by atoms with E-state index in [1.54, 1.807) is 6.92 Å². The van der Waals surface area contributed by atoms with Gasteiger partial charge in [-0.3, -0.25) is 14.9 Å². The topological polar surface area (TPSA) is 95.9 Å². The summed E-state index contributed by atoms with van der Waals surface area (Å²) in [6.45, 7) is 8.57. The lowest BCUT2D eigenvalue weighted by Gasteiger charge is -2.25. The van der Waals surface area contributed by atoms with Crippen molar-refractivity contribution < 1.29 is 24.5 Å². The van der Waals surface area contributed by atoms with E-state index in [0.29, 0.717) is 12.0 Å². The maximum atomic E-state index is 11.3. The summed E-state index contributed by atoms with van der Waals surface area (Å²) in [5, 5.41) is 22.6. The summed E-state index contributed by atoms with van der Waals surface area (Å²) in [4.78, 5) is 22.3. The fourth-order valence-corrected chi connectivity index (χ4v) is 1.62. The Morgan fingerprint density at radius 3 is 2.29 bits per heavy atom. The maximum absolute atomic E-state index is 11.3. The molecule has 0 aliphatic heterocycles. The number of hydrogen-bond acceptors (Lipinski definition) is 6. The highest BCUT2D eigenvalue weighted by Crippen LogP contribution is 2.09. The largest absolute Gasteiger partial charge is 0.374 e. The minimum Gasteiger partial charge on any atom is -0.374 e. The van der Waals surface area contributed by atoms with Gasteiger partial charge in [0.05, 0.1) is 5.60 Å². The zero-order valence-electron chi connectivity index (χ0n) is 15.1. The maximum Gasteiger partial charge on any atom is 0.167 e. The molecule has 0 heterocycles. The molecule has 0 amide bonds. The number of nitrogens with one attached hydrogen (secondary N) is 1. The van der Waals surface area contributed by atoms with Crippen LogP contribution in [0.5, 0.6) is 0 Å². The molecule has 3 N–H and O–H groups in total. The van der Waals surface area contributed by atoms with Gasteiger partial charge in [0.25, 0.3) is 0 Å². The molecular weight excluding hydrogens is 310 g/mol. The molecule has 2 atom stereocenters. The van der Waals surface area contributed by atoms with E-state index in [0.717, 1.165) is 0 Å². The third-order valence-corrected chi connectivity index (χ3v) is 2.72. The van der Waals surface area contributed by atoms with Gasteiger partial charge in [0.1, 0.15) is 6.23 Å². The zero-order chi connectivity index (χ0) is 18.8. The molecule has 6 heteroatoms. The van der Waals surface area contributed by atoms with Crippen LogP contribution in [0.25, 0.3) is 0 Å². The molecule has 0 aromatic heterocycles. The average Bonchev–Trinajstić information content (AvgIpc) is 2.45. The summed E-state index contributed by atoms with van der Waals surface area (Å²) in [7, 11) is 0. The Balaban J connectivity index is 4.88. The highest BCUT2D eigenvalue weighted by atomic mass is 16.6. The highest BCUT2D eigenvalue weighted by molar-refractivity contribution is 5.89. The molecule has 0 radical (unpaired) electrons. The molecule has 0 fully saturated rings. The number of allylic oxidation sites excluding steroid dienone is 4. The number of aliphatic hydroxyl groups is 2. The number of hydrogen-bond donors (Lipinski definition) is 3. The second-order valence-corrected chi connectivity index (χ2v) is 6.29. The quantitative estimate of drug-likeness (QED) is 0.318. The predicted octanol–water partition coefficient (Wildman–Crippen LogP) is 1.63. The van der Waals surface area contributed by atoms with Crippen LogP contribution in [0.2, 0.25) is 0 Å². The molecule has 0 saturated carbocycles. The number of aliphatic hydroxyl groups excluding tert-OH is 2. The fraction of sp³-hybridized carbons (Fsp3) is 0.556. The van der Waals surface area contributed by atoms with Crippen LogP contribution < -0.4 is 5.32 Å². The van der Waals surface area contributed by atoms with Crippen LogP contribution >= 0.6 is 0 Å². The van der Waals surface area contributed by atoms with Crippen LogP contribution in [0.1, 0.15) is 41.0 Å². The van der Waals surface area contributed by atoms with Crippen LogP contribution in [0.15, 0.2) is 36.0 Å². The Morgan fingerprint density at radius 2 is 1.79 bits per heavy atom. The highest BCUT2D eigenvalue weighted by Gasteiger charge is 2.17. The first-order chi connectivity index (χ1) is 11.0. The molecule has 0 rings (SSSR count). The Morgan fingerprint density at radius 1 is 1.17 bits per heavy atom. The van der Waals surface area contributed by atoms with Gasteiger partial charge in [-0.15, -0.1) is 0 Å². The molecule has 24 heavy (non-hydrogen) atoms. The molecular formula is C18H29NO5. The summed E-state index contributed by atoms with van der Waals surface area (Å²) in [6, 6.07) is 0. The van der Waals surface area contributed by atoms with Gasteiger partial charge in [0.2, 0.25) is 0 Å². The number of ether oxygens (including phenoxy) is 1. The Labute approximate surface area is 143 Å². The van der Waals surface area contributed by atoms with E-state index in [1.807, 2.05) is 20.8 Å². The molecule has 0 bridgehead atoms. The van der Waals surface area contributed by atoms with Gasteiger partial charge in [-0.25, -0.2) is 0 Å². The van der Waals surface area contributed by atoms with Crippen LogP contribution in [0, 0.1) is 0 Å². The van der Waals surface area contributed by atoms with Crippen LogP contribution in [0.4, 0.5) is 0 Å². The van der Waals surface area contributed by atoms with Crippen molar-refractivity contribution in [3.05, 3.63) is 36.0 Å². The van der Waals surface area contributed by atoms with Crippen molar-refractivity contribution in [1.82, 2.24) is 5.32 Å².